The average molecular weight is 199 g/mol. The maximum atomic E-state index is 8.76. The molecule has 0 radical (unpaired) electrons. The zero-order valence-electron chi connectivity index (χ0n) is 8.75. The summed E-state index contributed by atoms with van der Waals surface area (Å²) >= 11 is 0. The van der Waals surface area contributed by atoms with Crippen molar-refractivity contribution in [3.63, 3.8) is 0 Å². The molecule has 1 N–H and O–H groups in total. The third kappa shape index (κ3) is 1.99. The van der Waals surface area contributed by atoms with Crippen LogP contribution in [0.2, 0.25) is 0 Å². The highest BCUT2D eigenvalue weighted by Gasteiger charge is 2.02. The first kappa shape index (κ1) is 9.72. The molecule has 0 aliphatic carbocycles. The molecule has 0 fully saturated rings. The van der Waals surface area contributed by atoms with Gasteiger partial charge in [0.25, 0.3) is 0 Å². The average Bonchev–Trinajstić information content (AvgIpc) is 2.67. The van der Waals surface area contributed by atoms with Crippen molar-refractivity contribution in [1.29, 1.82) is 5.26 Å². The quantitative estimate of drug-likeness (QED) is 0.826. The van der Waals surface area contributed by atoms with Crippen molar-refractivity contribution in [3.05, 3.63) is 29.6 Å². The number of nitriles is 1. The molecule has 1 aromatic heterocycles. The van der Waals surface area contributed by atoms with Crippen molar-refractivity contribution in [2.24, 2.45) is 0 Å². The SMILES string of the molecule is CCCCc1nc2ccc(C#N)cc2[nH]1. The van der Waals surface area contributed by atoms with Crippen LogP contribution in [0.25, 0.3) is 11.0 Å². The Morgan fingerprint density at radius 1 is 1.47 bits per heavy atom. The number of hydrogen-bond donors (Lipinski definition) is 1. The van der Waals surface area contributed by atoms with Gasteiger partial charge in [-0.05, 0) is 24.6 Å². The molecule has 0 spiro atoms. The van der Waals surface area contributed by atoms with E-state index in [-0.39, 0.29) is 0 Å². The molecule has 0 saturated heterocycles. The summed E-state index contributed by atoms with van der Waals surface area (Å²) < 4.78 is 0. The number of imidazole rings is 1. The fraction of sp³-hybridized carbons (Fsp3) is 0.333. The Balaban J connectivity index is 2.34. The lowest BCUT2D eigenvalue weighted by Crippen LogP contribution is -1.86. The van der Waals surface area contributed by atoms with Crippen molar-refractivity contribution < 1.29 is 0 Å². The lowest BCUT2D eigenvalue weighted by Gasteiger charge is -1.90. The highest BCUT2D eigenvalue weighted by molar-refractivity contribution is 5.76. The number of aryl methyl sites for hydroxylation is 1. The smallest absolute Gasteiger partial charge is 0.107 e. The summed E-state index contributed by atoms with van der Waals surface area (Å²) in [5.74, 6) is 1.02. The minimum Gasteiger partial charge on any atom is -0.342 e. The summed E-state index contributed by atoms with van der Waals surface area (Å²) in [6.45, 7) is 2.16. The van der Waals surface area contributed by atoms with Crippen molar-refractivity contribution in [1.82, 2.24) is 9.97 Å². The van der Waals surface area contributed by atoms with Crippen LogP contribution in [0, 0.1) is 11.3 Å². The second-order valence-electron chi connectivity index (χ2n) is 3.63. The van der Waals surface area contributed by atoms with E-state index >= 15 is 0 Å². The molecule has 1 aromatic carbocycles. The summed E-state index contributed by atoms with van der Waals surface area (Å²) in [6, 6.07) is 7.66. The first-order chi connectivity index (χ1) is 7.33. The van der Waals surface area contributed by atoms with Crippen molar-refractivity contribution in [3.8, 4) is 6.07 Å². The molecule has 0 amide bonds. The molecule has 1 heterocycles. The maximum absolute atomic E-state index is 8.76. The van der Waals surface area contributed by atoms with Crippen LogP contribution in [0.1, 0.15) is 31.2 Å². The molecule has 2 aromatic rings. The van der Waals surface area contributed by atoms with Gasteiger partial charge in [0.15, 0.2) is 0 Å². The Labute approximate surface area is 88.8 Å². The van der Waals surface area contributed by atoms with Crippen molar-refractivity contribution in [2.75, 3.05) is 0 Å². The Morgan fingerprint density at radius 2 is 2.33 bits per heavy atom. The Hall–Kier alpha value is -1.82. The Bertz CT molecular complexity index is 505. The van der Waals surface area contributed by atoms with E-state index in [0.29, 0.717) is 5.56 Å². The molecule has 0 aliphatic rings. The Kier molecular flexibility index (Phi) is 2.68. The summed E-state index contributed by atoms with van der Waals surface area (Å²) in [5, 5.41) is 8.76. The maximum Gasteiger partial charge on any atom is 0.107 e. The number of unbranched alkanes of at least 4 members (excludes halogenated alkanes) is 1. The largest absolute Gasteiger partial charge is 0.342 e. The molecule has 0 bridgehead atoms. The fourth-order valence-corrected chi connectivity index (χ4v) is 1.59. The highest BCUT2D eigenvalue weighted by atomic mass is 14.9. The molecule has 2 rings (SSSR count). The molecule has 76 valence electrons. The second-order valence-corrected chi connectivity index (χ2v) is 3.63. The number of nitrogens with one attached hydrogen (secondary N) is 1. The standard InChI is InChI=1S/C12H13N3/c1-2-3-4-12-14-10-6-5-9(8-13)7-11(10)15-12/h5-7H,2-4H2,1H3,(H,14,15). The van der Waals surface area contributed by atoms with Crippen molar-refractivity contribution in [2.45, 2.75) is 26.2 Å². The Morgan fingerprint density at radius 3 is 3.07 bits per heavy atom. The van der Waals surface area contributed by atoms with Gasteiger partial charge in [-0.25, -0.2) is 4.98 Å². The second kappa shape index (κ2) is 4.14. The minimum atomic E-state index is 0.674. The number of aromatic nitrogens is 2. The number of aromatic amines is 1. The van der Waals surface area contributed by atoms with Crippen LogP contribution in [0.5, 0.6) is 0 Å². The molecular weight excluding hydrogens is 186 g/mol. The van der Waals surface area contributed by atoms with E-state index in [1.807, 2.05) is 12.1 Å². The van der Waals surface area contributed by atoms with E-state index in [0.717, 1.165) is 29.7 Å². The van der Waals surface area contributed by atoms with E-state index in [2.05, 4.69) is 23.0 Å². The number of fused-ring (bicyclic) bond motifs is 1. The van der Waals surface area contributed by atoms with Crippen LogP contribution < -0.4 is 0 Å². The zero-order valence-corrected chi connectivity index (χ0v) is 8.75. The van der Waals surface area contributed by atoms with E-state index in [4.69, 9.17) is 5.26 Å². The van der Waals surface area contributed by atoms with E-state index in [9.17, 15) is 0 Å². The van der Waals surface area contributed by atoms with Gasteiger partial charge in [-0.15, -0.1) is 0 Å². The van der Waals surface area contributed by atoms with Gasteiger partial charge < -0.3 is 4.98 Å². The minimum absolute atomic E-state index is 0.674. The van der Waals surface area contributed by atoms with Crippen LogP contribution in [0.4, 0.5) is 0 Å². The lowest BCUT2D eigenvalue weighted by atomic mass is 10.2. The van der Waals surface area contributed by atoms with Crippen LogP contribution in [-0.2, 0) is 6.42 Å². The lowest BCUT2D eigenvalue weighted by molar-refractivity contribution is 0.765. The third-order valence-electron chi connectivity index (χ3n) is 2.43. The van der Waals surface area contributed by atoms with Gasteiger partial charge in [-0.1, -0.05) is 13.3 Å². The van der Waals surface area contributed by atoms with Gasteiger partial charge in [0.05, 0.1) is 22.7 Å². The number of rotatable bonds is 3. The van der Waals surface area contributed by atoms with Gasteiger partial charge in [0, 0.05) is 6.42 Å². The van der Waals surface area contributed by atoms with Gasteiger partial charge >= 0.3 is 0 Å². The first-order valence-electron chi connectivity index (χ1n) is 5.22. The van der Waals surface area contributed by atoms with E-state index < -0.39 is 0 Å². The van der Waals surface area contributed by atoms with E-state index in [1.54, 1.807) is 6.07 Å². The number of nitrogens with zero attached hydrogens (tertiary/aromatic N) is 2. The zero-order chi connectivity index (χ0) is 10.7. The summed E-state index contributed by atoms with van der Waals surface area (Å²) in [6.07, 6.45) is 3.29. The normalized spacial score (nSPS) is 10.4. The van der Waals surface area contributed by atoms with Crippen molar-refractivity contribution >= 4 is 11.0 Å². The molecule has 3 nitrogen and oxygen atoms in total. The molecule has 0 atom stereocenters. The third-order valence-corrected chi connectivity index (χ3v) is 2.43. The van der Waals surface area contributed by atoms with Gasteiger partial charge in [-0.3, -0.25) is 0 Å². The topological polar surface area (TPSA) is 52.5 Å². The van der Waals surface area contributed by atoms with Crippen LogP contribution in [0.15, 0.2) is 18.2 Å². The molecule has 15 heavy (non-hydrogen) atoms. The monoisotopic (exact) mass is 199 g/mol. The van der Waals surface area contributed by atoms with Gasteiger partial charge in [-0.2, -0.15) is 5.26 Å². The predicted octanol–water partition coefficient (Wildman–Crippen LogP) is 2.78. The predicted molar refractivity (Wildman–Crippen MR) is 59.4 cm³/mol. The fourth-order valence-electron chi connectivity index (χ4n) is 1.59. The summed E-state index contributed by atoms with van der Waals surface area (Å²) in [4.78, 5) is 7.70. The molecule has 0 aliphatic heterocycles. The summed E-state index contributed by atoms with van der Waals surface area (Å²) in [7, 11) is 0. The highest BCUT2D eigenvalue weighted by Crippen LogP contribution is 2.14. The van der Waals surface area contributed by atoms with Crippen LogP contribution >= 0.6 is 0 Å². The van der Waals surface area contributed by atoms with Gasteiger partial charge in [0.2, 0.25) is 0 Å². The van der Waals surface area contributed by atoms with Crippen LogP contribution in [-0.4, -0.2) is 9.97 Å². The van der Waals surface area contributed by atoms with E-state index in [1.165, 1.54) is 6.42 Å². The molecule has 0 saturated carbocycles. The number of H-pyrrole nitrogens is 1. The summed E-state index contributed by atoms with van der Waals surface area (Å²) in [5.41, 5.74) is 2.58. The number of hydrogen-bond acceptors (Lipinski definition) is 2. The first-order valence-corrected chi connectivity index (χ1v) is 5.22. The molecular formula is C12H13N3. The van der Waals surface area contributed by atoms with Crippen LogP contribution in [0.3, 0.4) is 0 Å². The van der Waals surface area contributed by atoms with Gasteiger partial charge in [0.1, 0.15) is 5.82 Å². The molecule has 3 heteroatoms. The number of benzene rings is 1. The molecule has 0 unspecified atom stereocenters.